The van der Waals surface area contributed by atoms with Crippen LogP contribution in [0, 0.1) is 0 Å². The Balaban J connectivity index is 1.97. The highest BCUT2D eigenvalue weighted by Gasteiger charge is 2.29. The van der Waals surface area contributed by atoms with Gasteiger partial charge in [-0.2, -0.15) is 0 Å². The molecule has 0 bridgehead atoms. The van der Waals surface area contributed by atoms with E-state index < -0.39 is 5.54 Å². The molecule has 1 aromatic carbocycles. The van der Waals surface area contributed by atoms with E-state index >= 15 is 0 Å². The van der Waals surface area contributed by atoms with Gasteiger partial charge in [-0.05, 0) is 24.8 Å². The average Bonchev–Trinajstić information content (AvgIpc) is 3.14. The van der Waals surface area contributed by atoms with E-state index in [9.17, 15) is 15.0 Å². The smallest absolute Gasteiger partial charge is 0.217 e. The van der Waals surface area contributed by atoms with Gasteiger partial charge in [-0.3, -0.25) is 4.79 Å². The first-order valence-electron chi connectivity index (χ1n) is 9.56. The summed E-state index contributed by atoms with van der Waals surface area (Å²) in [6, 6.07) is 7.96. The summed E-state index contributed by atoms with van der Waals surface area (Å²) in [5, 5.41) is 21.8. The summed E-state index contributed by atoms with van der Waals surface area (Å²) < 4.78 is 5.55. The molecular formula is C21H30N2O4. The number of aliphatic hydroxyl groups is 2. The molecule has 0 aliphatic rings. The topological polar surface area (TPSA) is 95.6 Å². The van der Waals surface area contributed by atoms with Gasteiger partial charge in [0.2, 0.25) is 5.91 Å². The van der Waals surface area contributed by atoms with Crippen LogP contribution in [0.3, 0.4) is 0 Å². The molecule has 1 heterocycles. The lowest BCUT2D eigenvalue weighted by Crippen LogP contribution is -2.53. The molecule has 0 atom stereocenters. The number of hydrogen-bond donors (Lipinski definition) is 3. The van der Waals surface area contributed by atoms with E-state index in [1.54, 1.807) is 6.26 Å². The zero-order valence-electron chi connectivity index (χ0n) is 16.2. The fraction of sp³-hybridized carbons (Fsp3) is 0.524. The summed E-state index contributed by atoms with van der Waals surface area (Å²) in [6.07, 6.45) is 7.06. The zero-order chi connectivity index (χ0) is 19.7. The van der Waals surface area contributed by atoms with Crippen LogP contribution in [0.25, 0.3) is 11.3 Å². The van der Waals surface area contributed by atoms with E-state index in [1.807, 2.05) is 24.3 Å². The maximum atomic E-state index is 11.3. The Morgan fingerprint density at radius 1 is 1.15 bits per heavy atom. The van der Waals surface area contributed by atoms with Crippen LogP contribution in [-0.2, 0) is 17.6 Å². The van der Waals surface area contributed by atoms with Crippen LogP contribution in [0.1, 0.15) is 51.0 Å². The molecule has 2 rings (SSSR count). The molecule has 1 amide bonds. The van der Waals surface area contributed by atoms with Gasteiger partial charge >= 0.3 is 0 Å². The number of nitrogens with zero attached hydrogens (tertiary/aromatic N) is 1. The number of carbonyl (C=O) groups is 1. The van der Waals surface area contributed by atoms with Crippen molar-refractivity contribution in [1.29, 1.82) is 0 Å². The lowest BCUT2D eigenvalue weighted by Gasteiger charge is -2.30. The van der Waals surface area contributed by atoms with E-state index in [2.05, 4.69) is 17.2 Å². The van der Waals surface area contributed by atoms with Crippen LogP contribution in [0.4, 0.5) is 0 Å². The molecule has 0 aliphatic carbocycles. The molecule has 0 fully saturated rings. The van der Waals surface area contributed by atoms with Crippen molar-refractivity contribution in [2.24, 2.45) is 0 Å². The number of aromatic nitrogens is 1. The highest BCUT2D eigenvalue weighted by molar-refractivity contribution is 5.73. The standard InChI is InChI=1S/C21H30N2O4/c1-3-4-5-6-20-22-19(13-27-20)18-9-7-17(8-10-18)11-12-21(14-24,15-25)23-16(2)26/h7-10,13,24-25H,3-6,11-12,14-15H2,1-2H3,(H,23,26). The Morgan fingerprint density at radius 3 is 2.44 bits per heavy atom. The SMILES string of the molecule is CCCCCc1nc(-c2ccc(CCC(CO)(CO)NC(C)=O)cc2)co1. The van der Waals surface area contributed by atoms with Gasteiger partial charge in [0, 0.05) is 18.9 Å². The average molecular weight is 374 g/mol. The minimum absolute atomic E-state index is 0.269. The molecule has 0 saturated carbocycles. The Kier molecular flexibility index (Phi) is 8.00. The molecular weight excluding hydrogens is 344 g/mol. The summed E-state index contributed by atoms with van der Waals surface area (Å²) in [6.45, 7) is 2.94. The van der Waals surface area contributed by atoms with Crippen LogP contribution in [0.5, 0.6) is 0 Å². The second-order valence-electron chi connectivity index (χ2n) is 7.06. The maximum absolute atomic E-state index is 11.3. The first-order valence-corrected chi connectivity index (χ1v) is 9.56. The zero-order valence-corrected chi connectivity index (χ0v) is 16.2. The van der Waals surface area contributed by atoms with E-state index in [4.69, 9.17) is 4.42 Å². The number of amides is 1. The largest absolute Gasteiger partial charge is 0.448 e. The van der Waals surface area contributed by atoms with Gasteiger partial charge in [-0.15, -0.1) is 0 Å². The van der Waals surface area contributed by atoms with Crippen LogP contribution < -0.4 is 5.32 Å². The van der Waals surface area contributed by atoms with Gasteiger partial charge in [0.1, 0.15) is 12.0 Å². The highest BCUT2D eigenvalue weighted by atomic mass is 16.3. The van der Waals surface area contributed by atoms with Gasteiger partial charge in [-0.25, -0.2) is 4.98 Å². The van der Waals surface area contributed by atoms with Crippen molar-refractivity contribution < 1.29 is 19.4 Å². The monoisotopic (exact) mass is 374 g/mol. The van der Waals surface area contributed by atoms with Gasteiger partial charge < -0.3 is 19.9 Å². The number of hydrogen-bond acceptors (Lipinski definition) is 5. The van der Waals surface area contributed by atoms with E-state index in [0.717, 1.165) is 35.6 Å². The van der Waals surface area contributed by atoms with Crippen molar-refractivity contribution in [1.82, 2.24) is 10.3 Å². The molecule has 0 radical (unpaired) electrons. The molecule has 1 aromatic heterocycles. The van der Waals surface area contributed by atoms with Gasteiger partial charge in [-0.1, -0.05) is 44.0 Å². The van der Waals surface area contributed by atoms with Crippen molar-refractivity contribution in [3.05, 3.63) is 42.0 Å². The Hall–Kier alpha value is -2.18. The molecule has 0 unspecified atom stereocenters. The van der Waals surface area contributed by atoms with Crippen LogP contribution in [-0.4, -0.2) is 39.9 Å². The number of aliphatic hydroxyl groups excluding tert-OH is 2. The predicted octanol–water partition coefficient (Wildman–Crippen LogP) is 2.87. The third-order valence-electron chi connectivity index (χ3n) is 4.73. The van der Waals surface area contributed by atoms with Crippen LogP contribution in [0.2, 0.25) is 0 Å². The molecule has 0 aliphatic heterocycles. The molecule has 2 aromatic rings. The summed E-state index contributed by atoms with van der Waals surface area (Å²) >= 11 is 0. The number of oxazole rings is 1. The lowest BCUT2D eigenvalue weighted by molar-refractivity contribution is -0.122. The Bertz CT molecular complexity index is 705. The van der Waals surface area contributed by atoms with Gasteiger partial charge in [0.15, 0.2) is 5.89 Å². The van der Waals surface area contributed by atoms with Crippen molar-refractivity contribution in [3.8, 4) is 11.3 Å². The molecule has 0 saturated heterocycles. The summed E-state index contributed by atoms with van der Waals surface area (Å²) in [5.41, 5.74) is 1.87. The second-order valence-corrected chi connectivity index (χ2v) is 7.06. The molecule has 6 nitrogen and oxygen atoms in total. The van der Waals surface area contributed by atoms with Crippen molar-refractivity contribution in [2.75, 3.05) is 13.2 Å². The molecule has 3 N–H and O–H groups in total. The third-order valence-corrected chi connectivity index (χ3v) is 4.73. The summed E-state index contributed by atoms with van der Waals surface area (Å²) in [5.74, 6) is 0.503. The summed E-state index contributed by atoms with van der Waals surface area (Å²) in [7, 11) is 0. The van der Waals surface area contributed by atoms with Gasteiger partial charge in [0.25, 0.3) is 0 Å². The van der Waals surface area contributed by atoms with E-state index in [-0.39, 0.29) is 19.1 Å². The van der Waals surface area contributed by atoms with Crippen molar-refractivity contribution in [3.63, 3.8) is 0 Å². The minimum Gasteiger partial charge on any atom is -0.448 e. The number of nitrogens with one attached hydrogen (secondary N) is 1. The molecule has 6 heteroatoms. The first-order chi connectivity index (χ1) is 13.0. The number of rotatable bonds is 11. The lowest BCUT2D eigenvalue weighted by atomic mass is 9.92. The fourth-order valence-corrected chi connectivity index (χ4v) is 3.03. The Labute approximate surface area is 160 Å². The molecule has 0 spiro atoms. The normalized spacial score (nSPS) is 11.6. The van der Waals surface area contributed by atoms with E-state index in [1.165, 1.54) is 19.8 Å². The number of benzene rings is 1. The third kappa shape index (κ3) is 6.19. The van der Waals surface area contributed by atoms with Gasteiger partial charge in [0.05, 0.1) is 18.8 Å². The fourth-order valence-electron chi connectivity index (χ4n) is 3.03. The quantitative estimate of drug-likeness (QED) is 0.526. The second kappa shape index (κ2) is 10.2. The predicted molar refractivity (Wildman–Crippen MR) is 104 cm³/mol. The maximum Gasteiger partial charge on any atom is 0.217 e. The highest BCUT2D eigenvalue weighted by Crippen LogP contribution is 2.22. The van der Waals surface area contributed by atoms with Crippen molar-refractivity contribution in [2.45, 2.75) is 57.9 Å². The van der Waals surface area contributed by atoms with Crippen molar-refractivity contribution >= 4 is 5.91 Å². The minimum atomic E-state index is -0.996. The van der Waals surface area contributed by atoms with Crippen LogP contribution >= 0.6 is 0 Å². The molecule has 148 valence electrons. The Morgan fingerprint density at radius 2 is 1.85 bits per heavy atom. The summed E-state index contributed by atoms with van der Waals surface area (Å²) in [4.78, 5) is 15.9. The number of carbonyl (C=O) groups excluding carboxylic acids is 1. The molecule has 27 heavy (non-hydrogen) atoms. The van der Waals surface area contributed by atoms with Crippen LogP contribution in [0.15, 0.2) is 34.9 Å². The first kappa shape index (κ1) is 21.1. The number of aryl methyl sites for hydroxylation is 2. The van der Waals surface area contributed by atoms with E-state index in [0.29, 0.717) is 12.8 Å². The number of unbranched alkanes of at least 4 members (excludes halogenated alkanes) is 2.